The summed E-state index contributed by atoms with van der Waals surface area (Å²) >= 11 is 0. The Morgan fingerprint density at radius 3 is 2.79 bits per heavy atom. The van der Waals surface area contributed by atoms with Crippen molar-refractivity contribution in [3.63, 3.8) is 0 Å². The van der Waals surface area contributed by atoms with E-state index in [4.69, 9.17) is 5.73 Å². The minimum atomic E-state index is -0.347. The molecule has 6 nitrogen and oxygen atoms in total. The maximum Gasteiger partial charge on any atom is 0.244 e. The van der Waals surface area contributed by atoms with Crippen LogP contribution < -0.4 is 11.1 Å². The molecule has 0 radical (unpaired) electrons. The van der Waals surface area contributed by atoms with Crippen LogP contribution in [0, 0.1) is 5.92 Å². The highest BCUT2D eigenvalue weighted by Gasteiger charge is 2.26. The number of rotatable bonds is 5. The van der Waals surface area contributed by atoms with Gasteiger partial charge in [-0.05, 0) is 25.7 Å². The number of aromatic nitrogens is 3. The summed E-state index contributed by atoms with van der Waals surface area (Å²) in [5.74, 6) is 0.483. The van der Waals surface area contributed by atoms with Gasteiger partial charge in [-0.3, -0.25) is 4.79 Å². The Balaban J connectivity index is 1.92. The molecule has 3 N–H and O–H groups in total. The van der Waals surface area contributed by atoms with Gasteiger partial charge < -0.3 is 11.1 Å². The number of hydrogen-bond acceptors (Lipinski definition) is 4. The van der Waals surface area contributed by atoms with Crippen LogP contribution >= 0.6 is 0 Å². The Labute approximate surface area is 113 Å². The van der Waals surface area contributed by atoms with E-state index < -0.39 is 0 Å². The second-order valence-corrected chi connectivity index (χ2v) is 5.30. The van der Waals surface area contributed by atoms with Crippen LogP contribution in [-0.2, 0) is 4.79 Å². The number of amides is 1. The van der Waals surface area contributed by atoms with Crippen molar-refractivity contribution in [2.45, 2.75) is 51.1 Å². The summed E-state index contributed by atoms with van der Waals surface area (Å²) in [6.07, 6.45) is 9.12. The summed E-state index contributed by atoms with van der Waals surface area (Å²) < 4.78 is 1.56. The standard InChI is InChI=1S/C13H23N5O/c1-10(18-9-15-8-16-18)13(19)17-12(7-14)11-5-3-2-4-6-11/h8-12H,2-7,14H2,1H3,(H,17,19). The third kappa shape index (κ3) is 3.53. The Morgan fingerprint density at radius 1 is 1.47 bits per heavy atom. The second kappa shape index (κ2) is 6.65. The first-order valence-electron chi connectivity index (χ1n) is 7.07. The molecule has 1 aliphatic carbocycles. The van der Waals surface area contributed by atoms with Crippen LogP contribution in [-0.4, -0.2) is 33.3 Å². The van der Waals surface area contributed by atoms with Crippen molar-refractivity contribution in [3.8, 4) is 0 Å². The van der Waals surface area contributed by atoms with Gasteiger partial charge in [0, 0.05) is 12.6 Å². The van der Waals surface area contributed by atoms with Gasteiger partial charge in [0.05, 0.1) is 0 Å². The maximum atomic E-state index is 12.2. The lowest BCUT2D eigenvalue weighted by molar-refractivity contribution is -0.125. The largest absolute Gasteiger partial charge is 0.350 e. The molecule has 6 heteroatoms. The third-order valence-corrected chi connectivity index (χ3v) is 4.01. The van der Waals surface area contributed by atoms with E-state index in [1.165, 1.54) is 38.4 Å². The first kappa shape index (κ1) is 14.0. The smallest absolute Gasteiger partial charge is 0.244 e. The van der Waals surface area contributed by atoms with E-state index in [9.17, 15) is 4.79 Å². The van der Waals surface area contributed by atoms with Crippen molar-refractivity contribution in [1.29, 1.82) is 0 Å². The van der Waals surface area contributed by atoms with Crippen LogP contribution in [0.5, 0.6) is 0 Å². The van der Waals surface area contributed by atoms with Crippen LogP contribution in [0.4, 0.5) is 0 Å². The van der Waals surface area contributed by atoms with E-state index in [-0.39, 0.29) is 18.0 Å². The molecular formula is C13H23N5O. The van der Waals surface area contributed by atoms with Gasteiger partial charge in [-0.2, -0.15) is 5.10 Å². The first-order valence-corrected chi connectivity index (χ1v) is 7.07. The average molecular weight is 265 g/mol. The monoisotopic (exact) mass is 265 g/mol. The molecule has 0 aliphatic heterocycles. The summed E-state index contributed by atoms with van der Waals surface area (Å²) in [5, 5.41) is 7.07. The molecule has 0 spiro atoms. The molecule has 2 unspecified atom stereocenters. The highest BCUT2D eigenvalue weighted by molar-refractivity contribution is 5.80. The number of carbonyl (C=O) groups is 1. The van der Waals surface area contributed by atoms with Gasteiger partial charge in [0.15, 0.2) is 0 Å². The van der Waals surface area contributed by atoms with Crippen LogP contribution in [0.15, 0.2) is 12.7 Å². The highest BCUT2D eigenvalue weighted by Crippen LogP contribution is 2.26. The Morgan fingerprint density at radius 2 is 2.21 bits per heavy atom. The van der Waals surface area contributed by atoms with Crippen molar-refractivity contribution in [1.82, 2.24) is 20.1 Å². The zero-order valence-corrected chi connectivity index (χ0v) is 11.5. The first-order chi connectivity index (χ1) is 9.22. The minimum absolute atomic E-state index is 0.0356. The molecule has 1 fully saturated rings. The van der Waals surface area contributed by atoms with Crippen LogP contribution in [0.25, 0.3) is 0 Å². The van der Waals surface area contributed by atoms with Gasteiger partial charge in [-0.1, -0.05) is 19.3 Å². The molecule has 1 aromatic heterocycles. The predicted octanol–water partition coefficient (Wildman–Crippen LogP) is 0.863. The van der Waals surface area contributed by atoms with Gasteiger partial charge in [-0.15, -0.1) is 0 Å². The molecule has 1 saturated carbocycles. The van der Waals surface area contributed by atoms with E-state index in [0.717, 1.165) is 0 Å². The van der Waals surface area contributed by atoms with Crippen molar-refractivity contribution in [3.05, 3.63) is 12.7 Å². The molecular weight excluding hydrogens is 242 g/mol. The molecule has 1 aliphatic rings. The fraction of sp³-hybridized carbons (Fsp3) is 0.769. The van der Waals surface area contributed by atoms with E-state index >= 15 is 0 Å². The summed E-state index contributed by atoms with van der Waals surface area (Å²) in [6.45, 7) is 2.32. The van der Waals surface area contributed by atoms with Gasteiger partial charge in [0.1, 0.15) is 18.7 Å². The Kier molecular flexibility index (Phi) is 4.90. The van der Waals surface area contributed by atoms with Crippen LogP contribution in [0.1, 0.15) is 45.1 Å². The van der Waals surface area contributed by atoms with E-state index in [1.54, 1.807) is 11.0 Å². The fourth-order valence-electron chi connectivity index (χ4n) is 2.75. The minimum Gasteiger partial charge on any atom is -0.350 e. The van der Waals surface area contributed by atoms with E-state index in [2.05, 4.69) is 15.4 Å². The normalized spacial score (nSPS) is 19.9. The van der Waals surface area contributed by atoms with Crippen LogP contribution in [0.3, 0.4) is 0 Å². The lowest BCUT2D eigenvalue weighted by Gasteiger charge is -2.30. The van der Waals surface area contributed by atoms with Gasteiger partial charge in [0.2, 0.25) is 5.91 Å². The maximum absolute atomic E-state index is 12.2. The van der Waals surface area contributed by atoms with E-state index in [0.29, 0.717) is 12.5 Å². The summed E-state index contributed by atoms with van der Waals surface area (Å²) in [4.78, 5) is 16.1. The molecule has 19 heavy (non-hydrogen) atoms. The topological polar surface area (TPSA) is 85.8 Å². The van der Waals surface area contributed by atoms with Gasteiger partial charge >= 0.3 is 0 Å². The SMILES string of the molecule is CC(C(=O)NC(CN)C1CCCCC1)n1cncn1. The number of nitrogens with zero attached hydrogens (tertiary/aromatic N) is 3. The second-order valence-electron chi connectivity index (χ2n) is 5.30. The third-order valence-electron chi connectivity index (χ3n) is 4.01. The summed E-state index contributed by atoms with van der Waals surface area (Å²) in [6, 6.07) is -0.265. The number of nitrogens with two attached hydrogens (primary N) is 1. The number of nitrogens with one attached hydrogen (secondary N) is 1. The quantitative estimate of drug-likeness (QED) is 0.827. The molecule has 106 valence electrons. The molecule has 0 saturated heterocycles. The van der Waals surface area contributed by atoms with Crippen molar-refractivity contribution in [2.75, 3.05) is 6.54 Å². The van der Waals surface area contributed by atoms with Gasteiger partial charge in [-0.25, -0.2) is 9.67 Å². The zero-order valence-electron chi connectivity index (χ0n) is 11.5. The van der Waals surface area contributed by atoms with Crippen molar-refractivity contribution < 1.29 is 4.79 Å². The number of carbonyl (C=O) groups excluding carboxylic acids is 1. The average Bonchev–Trinajstić information content (AvgIpc) is 2.98. The Bertz CT molecular complexity index is 386. The Hall–Kier alpha value is -1.43. The number of hydrogen-bond donors (Lipinski definition) is 2. The molecule has 1 aromatic rings. The summed E-state index contributed by atoms with van der Waals surface area (Å²) in [7, 11) is 0. The molecule has 0 aromatic carbocycles. The van der Waals surface area contributed by atoms with Crippen LogP contribution in [0.2, 0.25) is 0 Å². The molecule has 2 rings (SSSR count). The fourth-order valence-corrected chi connectivity index (χ4v) is 2.75. The lowest BCUT2D eigenvalue weighted by atomic mass is 9.84. The highest BCUT2D eigenvalue weighted by atomic mass is 16.2. The van der Waals surface area contributed by atoms with Gasteiger partial charge in [0.25, 0.3) is 0 Å². The summed E-state index contributed by atoms with van der Waals surface area (Å²) in [5.41, 5.74) is 5.82. The zero-order chi connectivity index (χ0) is 13.7. The molecule has 0 bridgehead atoms. The molecule has 1 amide bonds. The molecule has 2 atom stereocenters. The predicted molar refractivity (Wildman–Crippen MR) is 72.3 cm³/mol. The molecule has 1 heterocycles. The van der Waals surface area contributed by atoms with Crippen molar-refractivity contribution in [2.24, 2.45) is 11.7 Å². The lowest BCUT2D eigenvalue weighted by Crippen LogP contribution is -2.47. The van der Waals surface area contributed by atoms with E-state index in [1.807, 2.05) is 6.92 Å². The van der Waals surface area contributed by atoms with Crippen molar-refractivity contribution >= 4 is 5.91 Å².